The van der Waals surface area contributed by atoms with E-state index < -0.39 is 0 Å². The molecule has 0 unspecified atom stereocenters. The van der Waals surface area contributed by atoms with Crippen LogP contribution >= 0.6 is 11.5 Å². The first-order valence-electron chi connectivity index (χ1n) is 6.51. The zero-order valence-electron chi connectivity index (χ0n) is 11.6. The molecular formula is C15H15N5S. The molecule has 0 fully saturated rings. The molecule has 0 aromatic carbocycles. The molecule has 0 bridgehead atoms. The number of pyridine rings is 2. The molecule has 0 aliphatic heterocycles. The lowest BCUT2D eigenvalue weighted by Crippen LogP contribution is -2.16. The number of rotatable bonds is 4. The Labute approximate surface area is 127 Å². The molecule has 106 valence electrons. The van der Waals surface area contributed by atoms with E-state index in [0.717, 1.165) is 22.7 Å². The molecule has 0 aliphatic carbocycles. The third-order valence-corrected chi connectivity index (χ3v) is 4.14. The summed E-state index contributed by atoms with van der Waals surface area (Å²) in [4.78, 5) is 10.3. The van der Waals surface area contributed by atoms with Crippen LogP contribution in [-0.4, -0.2) is 21.4 Å². The van der Waals surface area contributed by atoms with Crippen molar-refractivity contribution < 1.29 is 0 Å². The van der Waals surface area contributed by atoms with E-state index in [-0.39, 0.29) is 0 Å². The predicted octanol–water partition coefficient (Wildman–Crippen LogP) is 2.82. The summed E-state index contributed by atoms with van der Waals surface area (Å²) < 4.78 is 4.29. The summed E-state index contributed by atoms with van der Waals surface area (Å²) >= 11 is 1.41. The smallest absolute Gasteiger partial charge is 0.147 e. The number of aromatic nitrogens is 3. The quantitative estimate of drug-likeness (QED) is 0.802. The fourth-order valence-corrected chi connectivity index (χ4v) is 2.96. The van der Waals surface area contributed by atoms with Gasteiger partial charge in [-0.15, -0.1) is 0 Å². The maximum Gasteiger partial charge on any atom is 0.147 e. The largest absolute Gasteiger partial charge is 0.382 e. The summed E-state index contributed by atoms with van der Waals surface area (Å²) in [5.74, 6) is 0.546. The molecule has 2 N–H and O–H groups in total. The van der Waals surface area contributed by atoms with E-state index in [9.17, 15) is 0 Å². The highest BCUT2D eigenvalue weighted by atomic mass is 32.1. The molecule has 0 amide bonds. The van der Waals surface area contributed by atoms with Crippen molar-refractivity contribution in [3.05, 3.63) is 54.6 Å². The summed E-state index contributed by atoms with van der Waals surface area (Å²) in [5, 5.41) is 1.04. The number of nitrogen functional groups attached to an aromatic ring is 1. The lowest BCUT2D eigenvalue weighted by atomic mass is 10.1. The van der Waals surface area contributed by atoms with Crippen LogP contribution in [0.4, 0.5) is 10.8 Å². The molecule has 5 nitrogen and oxygen atoms in total. The van der Waals surface area contributed by atoms with Gasteiger partial charge in [-0.2, -0.15) is 4.37 Å². The molecule has 3 aromatic rings. The van der Waals surface area contributed by atoms with E-state index in [0.29, 0.717) is 5.82 Å². The van der Waals surface area contributed by atoms with E-state index in [1.165, 1.54) is 17.1 Å². The highest BCUT2D eigenvalue weighted by molar-refractivity contribution is 7.11. The maximum atomic E-state index is 6.04. The highest BCUT2D eigenvalue weighted by Crippen LogP contribution is 2.38. The summed E-state index contributed by atoms with van der Waals surface area (Å²) in [5.41, 5.74) is 9.17. The first-order chi connectivity index (χ1) is 10.3. The Bertz CT molecular complexity index is 711. The average molecular weight is 297 g/mol. The first-order valence-corrected chi connectivity index (χ1v) is 7.28. The van der Waals surface area contributed by atoms with Gasteiger partial charge in [0.1, 0.15) is 10.8 Å². The molecule has 0 spiro atoms. The van der Waals surface area contributed by atoms with Crippen molar-refractivity contribution in [2.45, 2.75) is 6.54 Å². The van der Waals surface area contributed by atoms with Gasteiger partial charge in [0.05, 0.1) is 5.56 Å². The van der Waals surface area contributed by atoms with Crippen LogP contribution in [0.5, 0.6) is 0 Å². The van der Waals surface area contributed by atoms with Gasteiger partial charge in [0.25, 0.3) is 0 Å². The minimum absolute atomic E-state index is 0.546. The molecule has 3 aromatic heterocycles. The molecule has 3 heterocycles. The van der Waals surface area contributed by atoms with Crippen molar-refractivity contribution in [1.29, 1.82) is 0 Å². The van der Waals surface area contributed by atoms with Crippen molar-refractivity contribution in [3.63, 3.8) is 0 Å². The number of hydrogen-bond acceptors (Lipinski definition) is 6. The average Bonchev–Trinajstić information content (AvgIpc) is 2.91. The fraction of sp³-hybridized carbons (Fsp3) is 0.133. The molecule has 0 saturated carbocycles. The van der Waals surface area contributed by atoms with Crippen LogP contribution in [-0.2, 0) is 6.54 Å². The van der Waals surface area contributed by atoms with Crippen molar-refractivity contribution in [1.82, 2.24) is 14.3 Å². The SMILES string of the molecule is CN(Cc1ccncc1)c1snc(N)c1-c1cccnc1. The summed E-state index contributed by atoms with van der Waals surface area (Å²) in [6.07, 6.45) is 7.15. The molecule has 6 heteroatoms. The molecule has 0 atom stereocenters. The van der Waals surface area contributed by atoms with Gasteiger partial charge in [-0.3, -0.25) is 9.97 Å². The number of nitrogens with two attached hydrogens (primary N) is 1. The Morgan fingerprint density at radius 3 is 2.67 bits per heavy atom. The van der Waals surface area contributed by atoms with Crippen LogP contribution in [0.25, 0.3) is 11.1 Å². The summed E-state index contributed by atoms with van der Waals surface area (Å²) in [6, 6.07) is 7.91. The van der Waals surface area contributed by atoms with E-state index in [2.05, 4.69) is 19.2 Å². The zero-order valence-corrected chi connectivity index (χ0v) is 12.4. The normalized spacial score (nSPS) is 10.5. The van der Waals surface area contributed by atoms with Gasteiger partial charge in [0.15, 0.2) is 0 Å². The lowest BCUT2D eigenvalue weighted by molar-refractivity contribution is 0.932. The van der Waals surface area contributed by atoms with E-state index >= 15 is 0 Å². The Morgan fingerprint density at radius 2 is 1.95 bits per heavy atom. The van der Waals surface area contributed by atoms with E-state index in [1.807, 2.05) is 37.5 Å². The first kappa shape index (κ1) is 13.5. The fourth-order valence-electron chi connectivity index (χ4n) is 2.17. The van der Waals surface area contributed by atoms with Gasteiger partial charge in [-0.25, -0.2) is 0 Å². The third-order valence-electron chi connectivity index (χ3n) is 3.17. The highest BCUT2D eigenvalue weighted by Gasteiger charge is 2.17. The topological polar surface area (TPSA) is 67.9 Å². The molecule has 0 aliphatic rings. The minimum atomic E-state index is 0.546. The van der Waals surface area contributed by atoms with Crippen LogP contribution in [0.15, 0.2) is 49.1 Å². The molecule has 3 rings (SSSR count). The van der Waals surface area contributed by atoms with Crippen molar-refractivity contribution >= 4 is 22.4 Å². The predicted molar refractivity (Wildman–Crippen MR) is 86.1 cm³/mol. The van der Waals surface area contributed by atoms with Crippen molar-refractivity contribution in [2.24, 2.45) is 0 Å². The Morgan fingerprint density at radius 1 is 1.14 bits per heavy atom. The van der Waals surface area contributed by atoms with Crippen LogP contribution in [0.2, 0.25) is 0 Å². The van der Waals surface area contributed by atoms with E-state index in [4.69, 9.17) is 5.73 Å². The van der Waals surface area contributed by atoms with Gasteiger partial charge in [0.2, 0.25) is 0 Å². The second-order valence-corrected chi connectivity index (χ2v) is 5.45. The standard InChI is InChI=1S/C15H15N5S/c1-20(10-11-4-7-17-8-5-11)15-13(14(16)19-21-15)12-3-2-6-18-9-12/h2-9H,10H2,1H3,(H2,16,19). The van der Waals surface area contributed by atoms with Crippen LogP contribution in [0.1, 0.15) is 5.56 Å². The molecule has 0 radical (unpaired) electrons. The maximum absolute atomic E-state index is 6.04. The van der Waals surface area contributed by atoms with E-state index in [1.54, 1.807) is 18.6 Å². The van der Waals surface area contributed by atoms with Gasteiger partial charge in [0, 0.05) is 43.9 Å². The van der Waals surface area contributed by atoms with Gasteiger partial charge < -0.3 is 10.6 Å². The summed E-state index contributed by atoms with van der Waals surface area (Å²) in [6.45, 7) is 0.775. The van der Waals surface area contributed by atoms with Crippen LogP contribution in [0.3, 0.4) is 0 Å². The van der Waals surface area contributed by atoms with Gasteiger partial charge in [-0.1, -0.05) is 6.07 Å². The Hall–Kier alpha value is -2.47. The number of anilines is 2. The Balaban J connectivity index is 1.93. The molecular weight excluding hydrogens is 282 g/mol. The molecule has 21 heavy (non-hydrogen) atoms. The number of nitrogens with zero attached hydrogens (tertiary/aromatic N) is 4. The third kappa shape index (κ3) is 2.85. The lowest BCUT2D eigenvalue weighted by Gasteiger charge is -2.18. The van der Waals surface area contributed by atoms with Crippen molar-refractivity contribution in [2.75, 3.05) is 17.7 Å². The number of hydrogen-bond donors (Lipinski definition) is 1. The monoisotopic (exact) mass is 297 g/mol. The second-order valence-electron chi connectivity index (χ2n) is 4.70. The van der Waals surface area contributed by atoms with Crippen LogP contribution < -0.4 is 10.6 Å². The Kier molecular flexibility index (Phi) is 3.79. The van der Waals surface area contributed by atoms with Crippen LogP contribution in [0, 0.1) is 0 Å². The van der Waals surface area contributed by atoms with Gasteiger partial charge >= 0.3 is 0 Å². The second kappa shape index (κ2) is 5.88. The van der Waals surface area contributed by atoms with Crippen molar-refractivity contribution in [3.8, 4) is 11.1 Å². The zero-order chi connectivity index (χ0) is 14.7. The molecule has 0 saturated heterocycles. The van der Waals surface area contributed by atoms with Gasteiger partial charge in [-0.05, 0) is 35.3 Å². The summed E-state index contributed by atoms with van der Waals surface area (Å²) in [7, 11) is 2.03. The minimum Gasteiger partial charge on any atom is -0.382 e.